The fourth-order valence-corrected chi connectivity index (χ4v) is 3.76. The molecule has 3 N–H and O–H groups in total. The molecule has 2 amide bonds. The van der Waals surface area contributed by atoms with E-state index in [0.717, 1.165) is 13.2 Å². The first-order valence-electron chi connectivity index (χ1n) is 12.4. The zero-order chi connectivity index (χ0) is 29.8. The van der Waals surface area contributed by atoms with E-state index in [1.165, 1.54) is 36.2 Å². The zero-order valence-electron chi connectivity index (χ0n) is 23.1. The Morgan fingerprint density at radius 2 is 1.82 bits per heavy atom. The summed E-state index contributed by atoms with van der Waals surface area (Å²) in [7, 11) is 2.32. The molecule has 0 saturated heterocycles. The van der Waals surface area contributed by atoms with Gasteiger partial charge in [-0.15, -0.1) is 0 Å². The number of hydrogen-bond donors (Lipinski definition) is 3. The maximum absolute atomic E-state index is 15.1. The van der Waals surface area contributed by atoms with Gasteiger partial charge in [0.25, 0.3) is 5.91 Å². The molecule has 0 radical (unpaired) electrons. The monoisotopic (exact) mass is 557 g/mol. The third kappa shape index (κ3) is 6.71. The van der Waals surface area contributed by atoms with Crippen LogP contribution in [-0.2, 0) is 23.9 Å². The number of esters is 2. The number of anilines is 1. The number of ether oxygens (including phenoxy) is 2. The highest BCUT2D eigenvalue weighted by Crippen LogP contribution is 2.35. The maximum atomic E-state index is 15.1. The number of methoxy groups -OCH3 is 2. The molecule has 2 heterocycles. The zero-order valence-corrected chi connectivity index (χ0v) is 23.1. The number of amides is 2. The van der Waals surface area contributed by atoms with E-state index in [0.29, 0.717) is 5.56 Å². The van der Waals surface area contributed by atoms with Crippen molar-refractivity contribution in [2.24, 2.45) is 5.41 Å². The van der Waals surface area contributed by atoms with Gasteiger partial charge >= 0.3 is 11.9 Å². The van der Waals surface area contributed by atoms with Gasteiger partial charge in [-0.3, -0.25) is 19.0 Å². The van der Waals surface area contributed by atoms with Gasteiger partial charge in [0.15, 0.2) is 5.82 Å². The van der Waals surface area contributed by atoms with Crippen LogP contribution in [0.1, 0.15) is 62.5 Å². The van der Waals surface area contributed by atoms with Crippen LogP contribution in [0, 0.1) is 11.2 Å². The van der Waals surface area contributed by atoms with Crippen LogP contribution >= 0.6 is 0 Å². The Hall–Kier alpha value is -4.55. The standard InChI is InChI=1S/C27H32FN5O7/c1-14(33-13-29-22-17(24(33)36)12-20(31-22)32-26(38)27(2,3)4)15-7-8-16(18(28)11-15)23(35)30-19(25(37)40-6)9-10-21(34)39-5/h7-8,11-14,19,36H,9-10H2,1-6H3,(H,30,35)(H,32,38)/t14?,19-/m0/s1. The molecule has 1 aromatic rings. The van der Waals surface area contributed by atoms with E-state index < -0.39 is 41.2 Å². The SMILES string of the molecule is COC(=O)CC[C@H](NC(=O)c1ccc(C(C)n2cnc3nc(NC(=O)C(C)(C)C)cc-3c2O)cc1F)C(=O)OC. The second-order valence-electron chi connectivity index (χ2n) is 10.1. The second kappa shape index (κ2) is 12.1. The highest BCUT2D eigenvalue weighted by Gasteiger charge is 2.27. The van der Waals surface area contributed by atoms with Gasteiger partial charge in [-0.1, -0.05) is 26.8 Å². The number of fused-ring (bicyclic) bond motifs is 1. The average molecular weight is 558 g/mol. The summed E-state index contributed by atoms with van der Waals surface area (Å²) in [5.74, 6) is -3.10. The molecule has 3 rings (SSSR count). The summed E-state index contributed by atoms with van der Waals surface area (Å²) in [5.41, 5.74) is -0.279. The van der Waals surface area contributed by atoms with Gasteiger partial charge in [0.2, 0.25) is 11.8 Å². The van der Waals surface area contributed by atoms with E-state index in [2.05, 4.69) is 30.1 Å². The molecule has 13 heteroatoms. The van der Waals surface area contributed by atoms with Crippen molar-refractivity contribution in [1.82, 2.24) is 19.9 Å². The summed E-state index contributed by atoms with van der Waals surface area (Å²) in [6.07, 6.45) is 1.09. The van der Waals surface area contributed by atoms with E-state index in [-0.39, 0.29) is 47.4 Å². The van der Waals surface area contributed by atoms with Gasteiger partial charge in [0.1, 0.15) is 24.0 Å². The minimum atomic E-state index is -1.18. The van der Waals surface area contributed by atoms with Crippen LogP contribution in [0.2, 0.25) is 0 Å². The largest absolute Gasteiger partial charge is 0.494 e. The molecule has 2 atom stereocenters. The van der Waals surface area contributed by atoms with Gasteiger partial charge in [-0.2, -0.15) is 0 Å². The normalized spacial score (nSPS) is 12.9. The fraction of sp³-hybridized carbons (Fsp3) is 0.407. The second-order valence-corrected chi connectivity index (χ2v) is 10.1. The van der Waals surface area contributed by atoms with E-state index >= 15 is 4.39 Å². The number of carbonyl (C=O) groups excluding carboxylic acids is 4. The Bertz CT molecular complexity index is 1400. The van der Waals surface area contributed by atoms with Crippen molar-refractivity contribution in [2.75, 3.05) is 19.5 Å². The van der Waals surface area contributed by atoms with E-state index in [1.807, 2.05) is 0 Å². The minimum absolute atomic E-state index is 0.0919. The number of benzene rings is 1. The highest BCUT2D eigenvalue weighted by atomic mass is 19.1. The van der Waals surface area contributed by atoms with Gasteiger partial charge in [0.05, 0.1) is 31.4 Å². The van der Waals surface area contributed by atoms with Gasteiger partial charge in [-0.25, -0.2) is 19.2 Å². The lowest BCUT2D eigenvalue weighted by molar-refractivity contribution is -0.144. The molecular formula is C27H32FN5O7. The number of rotatable bonds is 9. The molecule has 0 bridgehead atoms. The van der Waals surface area contributed by atoms with Crippen molar-refractivity contribution >= 4 is 29.6 Å². The molecular weight excluding hydrogens is 525 g/mol. The molecule has 1 aromatic carbocycles. The smallest absolute Gasteiger partial charge is 0.328 e. The topological polar surface area (TPSA) is 162 Å². The van der Waals surface area contributed by atoms with Gasteiger partial charge in [0, 0.05) is 11.8 Å². The van der Waals surface area contributed by atoms with E-state index in [4.69, 9.17) is 0 Å². The predicted octanol–water partition coefficient (Wildman–Crippen LogP) is 3.05. The van der Waals surface area contributed by atoms with Gasteiger partial charge in [-0.05, 0) is 37.1 Å². The minimum Gasteiger partial charge on any atom is -0.494 e. The van der Waals surface area contributed by atoms with Crippen molar-refractivity contribution in [3.05, 3.63) is 47.5 Å². The van der Waals surface area contributed by atoms with Crippen LogP contribution in [0.15, 0.2) is 30.6 Å². The van der Waals surface area contributed by atoms with Crippen LogP contribution < -0.4 is 10.6 Å². The van der Waals surface area contributed by atoms with Crippen molar-refractivity contribution in [1.29, 1.82) is 0 Å². The van der Waals surface area contributed by atoms with Crippen LogP contribution in [0.25, 0.3) is 11.4 Å². The molecule has 0 fully saturated rings. The Labute approximate surface area is 230 Å². The quantitative estimate of drug-likeness (QED) is 0.336. The van der Waals surface area contributed by atoms with E-state index in [9.17, 15) is 24.3 Å². The number of nitrogens with one attached hydrogen (secondary N) is 2. The lowest BCUT2D eigenvalue weighted by Gasteiger charge is -2.20. The molecule has 214 valence electrons. The van der Waals surface area contributed by atoms with Crippen LogP contribution in [0.4, 0.5) is 10.2 Å². The number of nitrogens with zero attached hydrogens (tertiary/aromatic N) is 3. The first-order chi connectivity index (χ1) is 18.8. The highest BCUT2D eigenvalue weighted by molar-refractivity contribution is 5.97. The molecule has 0 saturated carbocycles. The first kappa shape index (κ1) is 30.0. The molecule has 0 aromatic heterocycles. The van der Waals surface area contributed by atoms with Crippen molar-refractivity contribution in [3.8, 4) is 17.3 Å². The van der Waals surface area contributed by atoms with Crippen molar-refractivity contribution in [2.45, 2.75) is 52.6 Å². The summed E-state index contributed by atoms with van der Waals surface area (Å²) in [6, 6.07) is 3.58. The summed E-state index contributed by atoms with van der Waals surface area (Å²) < 4.78 is 25.7. The first-order valence-corrected chi connectivity index (χ1v) is 12.4. The summed E-state index contributed by atoms with van der Waals surface area (Å²) in [5, 5.41) is 16.0. The number of hydrogen-bond acceptors (Lipinski definition) is 9. The molecule has 2 aliphatic heterocycles. The summed E-state index contributed by atoms with van der Waals surface area (Å²) in [6.45, 7) is 6.97. The Morgan fingerprint density at radius 1 is 1.12 bits per heavy atom. The average Bonchev–Trinajstić information content (AvgIpc) is 3.32. The molecule has 40 heavy (non-hydrogen) atoms. The maximum Gasteiger partial charge on any atom is 0.328 e. The lowest BCUT2D eigenvalue weighted by Crippen LogP contribution is -2.42. The van der Waals surface area contributed by atoms with Crippen LogP contribution in [0.5, 0.6) is 5.88 Å². The Balaban J connectivity index is 1.81. The van der Waals surface area contributed by atoms with Gasteiger partial charge < -0.3 is 25.2 Å². The van der Waals surface area contributed by atoms with Crippen molar-refractivity contribution in [3.63, 3.8) is 0 Å². The predicted molar refractivity (Wildman–Crippen MR) is 141 cm³/mol. The summed E-state index contributed by atoms with van der Waals surface area (Å²) in [4.78, 5) is 57.0. The Morgan fingerprint density at radius 3 is 2.42 bits per heavy atom. The molecule has 1 unspecified atom stereocenters. The fourth-order valence-electron chi connectivity index (χ4n) is 3.76. The number of carbonyl (C=O) groups is 4. The lowest BCUT2D eigenvalue weighted by atomic mass is 9.96. The third-order valence-electron chi connectivity index (χ3n) is 6.25. The van der Waals surface area contributed by atoms with E-state index in [1.54, 1.807) is 27.7 Å². The molecule has 12 nitrogen and oxygen atoms in total. The molecule has 0 spiro atoms. The number of aromatic hydroxyl groups is 1. The number of aromatic nitrogens is 3. The third-order valence-corrected chi connectivity index (χ3v) is 6.25. The van der Waals surface area contributed by atoms with Crippen LogP contribution in [0.3, 0.4) is 0 Å². The molecule has 0 aliphatic carbocycles. The summed E-state index contributed by atoms with van der Waals surface area (Å²) >= 11 is 0. The van der Waals surface area contributed by atoms with Crippen molar-refractivity contribution < 1.29 is 38.1 Å². The van der Waals surface area contributed by atoms with Crippen LogP contribution in [-0.4, -0.2) is 63.7 Å². The Kier molecular flexibility index (Phi) is 9.07. The number of halogens is 1. The molecule has 2 aliphatic rings.